The molecule has 0 N–H and O–H groups in total. The monoisotopic (exact) mass is 130 g/mol. The summed E-state index contributed by atoms with van der Waals surface area (Å²) in [5.41, 5.74) is 2.44. The number of allylic oxidation sites excluding steroid dienone is 1. The van der Waals surface area contributed by atoms with E-state index < -0.39 is 0 Å². The molecule has 0 aromatic heterocycles. The normalized spacial score (nSPS) is 14.8. The van der Waals surface area contributed by atoms with E-state index in [0.717, 1.165) is 12.1 Å². The number of fused-ring (bicyclic) bond motifs is 1. The summed E-state index contributed by atoms with van der Waals surface area (Å²) in [6.45, 7) is 0. The van der Waals surface area contributed by atoms with Gasteiger partial charge in [-0.1, -0.05) is 18.2 Å². The molecular formula is C9H8N+. The molecule has 1 aromatic carbocycles. The van der Waals surface area contributed by atoms with Crippen LogP contribution >= 0.6 is 0 Å². The Bertz CT molecular complexity index is 236. The lowest BCUT2D eigenvalue weighted by Gasteiger charge is -1.96. The second-order valence-electron chi connectivity index (χ2n) is 2.35. The van der Waals surface area contributed by atoms with Crippen LogP contribution in [0.1, 0.15) is 5.56 Å². The van der Waals surface area contributed by atoms with Crippen molar-refractivity contribution in [1.29, 1.82) is 0 Å². The zero-order valence-corrected chi connectivity index (χ0v) is 5.62. The van der Waals surface area contributed by atoms with Crippen LogP contribution in [0.4, 0.5) is 5.69 Å². The van der Waals surface area contributed by atoms with Crippen LogP contribution in [0.3, 0.4) is 0 Å². The maximum atomic E-state index is 4.21. The van der Waals surface area contributed by atoms with Crippen molar-refractivity contribution in [3.05, 3.63) is 42.1 Å². The summed E-state index contributed by atoms with van der Waals surface area (Å²) in [6.07, 6.45) is 4.96. The number of benzene rings is 1. The number of rotatable bonds is 0. The molecule has 2 radical (unpaired) electrons. The largest absolute Gasteiger partial charge is 0.255 e. The number of hydrogen-bond donors (Lipinski definition) is 0. The fraction of sp³-hybridized carbons (Fsp3) is 0.111. The average Bonchev–Trinajstić information content (AvgIpc) is 2.05. The average molecular weight is 130 g/mol. The van der Waals surface area contributed by atoms with E-state index in [2.05, 4.69) is 17.5 Å². The number of nitrogens with zero attached hydrogens (tertiary/aromatic N) is 1. The molecule has 1 heteroatoms. The third-order valence-corrected chi connectivity index (χ3v) is 1.65. The molecule has 0 spiro atoms. The van der Waals surface area contributed by atoms with Crippen molar-refractivity contribution >= 4 is 5.69 Å². The smallest absolute Gasteiger partial charge is 0.0615 e. The Kier molecular flexibility index (Phi) is 1.29. The second kappa shape index (κ2) is 2.27. The highest BCUT2D eigenvalue weighted by Gasteiger charge is 2.14. The first-order chi connectivity index (χ1) is 4.97. The van der Waals surface area contributed by atoms with Crippen LogP contribution in [-0.2, 0) is 6.42 Å². The second-order valence-corrected chi connectivity index (χ2v) is 2.35. The van der Waals surface area contributed by atoms with Gasteiger partial charge in [0.25, 0.3) is 5.69 Å². The molecule has 0 saturated carbocycles. The van der Waals surface area contributed by atoms with Crippen molar-refractivity contribution in [2.75, 3.05) is 0 Å². The Balaban J connectivity index is 2.47. The standard InChI is InChI=1S/C9H8N/c1-2-6-9-8(4-1)5-3-7-10-9/h1-4,6-7H,5H2/q+1. The third kappa shape index (κ3) is 0.847. The zero-order chi connectivity index (χ0) is 6.81. The SMILES string of the molecule is C1=C[N+]c2ccccc2C1. The lowest BCUT2D eigenvalue weighted by Crippen LogP contribution is -1.97. The molecule has 0 fully saturated rings. The van der Waals surface area contributed by atoms with Gasteiger partial charge in [0, 0.05) is 18.1 Å². The summed E-state index contributed by atoms with van der Waals surface area (Å²) in [5.74, 6) is 0. The predicted molar refractivity (Wildman–Crippen MR) is 41.1 cm³/mol. The van der Waals surface area contributed by atoms with Gasteiger partial charge >= 0.3 is 0 Å². The first-order valence-electron chi connectivity index (χ1n) is 3.40. The Labute approximate surface area is 60.4 Å². The summed E-state index contributed by atoms with van der Waals surface area (Å²) in [5, 5.41) is 4.21. The highest BCUT2D eigenvalue weighted by atomic mass is 14.8. The maximum Gasteiger partial charge on any atom is 0.255 e. The van der Waals surface area contributed by atoms with Gasteiger partial charge in [0.05, 0.1) is 0 Å². The molecule has 0 atom stereocenters. The van der Waals surface area contributed by atoms with E-state index >= 15 is 0 Å². The minimum Gasteiger partial charge on any atom is -0.0615 e. The molecule has 1 nitrogen and oxygen atoms in total. The van der Waals surface area contributed by atoms with Crippen molar-refractivity contribution in [2.24, 2.45) is 0 Å². The molecule has 1 aliphatic rings. The zero-order valence-electron chi connectivity index (χ0n) is 5.62. The Morgan fingerprint density at radius 2 is 2.10 bits per heavy atom. The summed E-state index contributed by atoms with van der Waals surface area (Å²) in [6, 6.07) is 8.22. The molecule has 0 aliphatic carbocycles. The molecule has 2 rings (SSSR count). The van der Waals surface area contributed by atoms with Crippen molar-refractivity contribution in [3.63, 3.8) is 0 Å². The van der Waals surface area contributed by atoms with E-state index in [1.165, 1.54) is 5.56 Å². The van der Waals surface area contributed by atoms with E-state index in [-0.39, 0.29) is 0 Å². The van der Waals surface area contributed by atoms with Gasteiger partial charge in [0.15, 0.2) is 0 Å². The van der Waals surface area contributed by atoms with Gasteiger partial charge in [0.1, 0.15) is 5.32 Å². The fourth-order valence-corrected chi connectivity index (χ4v) is 1.12. The lowest BCUT2D eigenvalue weighted by atomic mass is 10.1. The van der Waals surface area contributed by atoms with E-state index in [9.17, 15) is 0 Å². The van der Waals surface area contributed by atoms with Crippen LogP contribution in [0.15, 0.2) is 36.5 Å². The molecule has 1 aliphatic heterocycles. The third-order valence-electron chi connectivity index (χ3n) is 1.65. The molecule has 1 heterocycles. The predicted octanol–water partition coefficient (Wildman–Crippen LogP) is 1.99. The van der Waals surface area contributed by atoms with Gasteiger partial charge in [-0.05, 0) is 6.08 Å². The first kappa shape index (κ1) is 5.69. The van der Waals surface area contributed by atoms with Crippen molar-refractivity contribution < 1.29 is 0 Å². The number of hydrogen-bond acceptors (Lipinski definition) is 0. The summed E-state index contributed by atoms with van der Waals surface area (Å²) >= 11 is 0. The Morgan fingerprint density at radius 3 is 3.00 bits per heavy atom. The Hall–Kier alpha value is -1.08. The van der Waals surface area contributed by atoms with E-state index in [1.807, 2.05) is 24.4 Å². The molecule has 0 unspecified atom stereocenters. The topological polar surface area (TPSA) is 14.1 Å². The lowest BCUT2D eigenvalue weighted by molar-refractivity contribution is 1.06. The highest BCUT2D eigenvalue weighted by Crippen LogP contribution is 2.18. The van der Waals surface area contributed by atoms with Crippen LogP contribution < -0.4 is 5.32 Å². The molecule has 0 saturated heterocycles. The highest BCUT2D eigenvalue weighted by molar-refractivity contribution is 5.48. The van der Waals surface area contributed by atoms with Crippen molar-refractivity contribution in [2.45, 2.75) is 6.42 Å². The van der Waals surface area contributed by atoms with Crippen molar-refractivity contribution in [3.8, 4) is 0 Å². The molecule has 1 aromatic rings. The van der Waals surface area contributed by atoms with Gasteiger partial charge in [-0.25, -0.2) is 0 Å². The van der Waals surface area contributed by atoms with E-state index in [1.54, 1.807) is 0 Å². The van der Waals surface area contributed by atoms with Crippen LogP contribution in [-0.4, -0.2) is 0 Å². The van der Waals surface area contributed by atoms with Gasteiger partial charge in [-0.15, -0.1) is 0 Å². The van der Waals surface area contributed by atoms with E-state index in [4.69, 9.17) is 0 Å². The summed E-state index contributed by atoms with van der Waals surface area (Å²) in [7, 11) is 0. The van der Waals surface area contributed by atoms with Gasteiger partial charge in [-0.2, -0.15) is 0 Å². The van der Waals surface area contributed by atoms with Crippen LogP contribution in [0.25, 0.3) is 0 Å². The minimum atomic E-state index is 1.03. The molecule has 0 amide bonds. The Morgan fingerprint density at radius 1 is 1.20 bits per heavy atom. The van der Waals surface area contributed by atoms with Crippen molar-refractivity contribution in [1.82, 2.24) is 5.32 Å². The first-order valence-corrected chi connectivity index (χ1v) is 3.40. The van der Waals surface area contributed by atoms with Crippen LogP contribution in [0.5, 0.6) is 0 Å². The summed E-state index contributed by atoms with van der Waals surface area (Å²) in [4.78, 5) is 0. The van der Waals surface area contributed by atoms with Crippen LogP contribution in [0, 0.1) is 0 Å². The molecular weight excluding hydrogens is 122 g/mol. The van der Waals surface area contributed by atoms with Gasteiger partial charge in [-0.3, -0.25) is 0 Å². The molecule has 10 heavy (non-hydrogen) atoms. The van der Waals surface area contributed by atoms with E-state index in [0.29, 0.717) is 0 Å². The number of para-hydroxylation sites is 1. The maximum absolute atomic E-state index is 4.21. The van der Waals surface area contributed by atoms with Gasteiger partial charge in [0.2, 0.25) is 6.20 Å². The van der Waals surface area contributed by atoms with Gasteiger partial charge < -0.3 is 0 Å². The van der Waals surface area contributed by atoms with Crippen LogP contribution in [0.2, 0.25) is 0 Å². The quantitative estimate of drug-likeness (QED) is 0.510. The molecule has 48 valence electrons. The summed E-state index contributed by atoms with van der Waals surface area (Å²) < 4.78 is 0. The minimum absolute atomic E-state index is 1.03. The fourth-order valence-electron chi connectivity index (χ4n) is 1.12. The molecule has 0 bridgehead atoms.